The summed E-state index contributed by atoms with van der Waals surface area (Å²) < 4.78 is 5.74. The van der Waals surface area contributed by atoms with Crippen molar-refractivity contribution in [3.05, 3.63) is 66.2 Å². The van der Waals surface area contributed by atoms with Crippen LogP contribution in [0.4, 0.5) is 0 Å². The standard InChI is InChI=1S/C16H14N2OS/c1-12-14(11-20-15-9-5-6-10-17-15)18-16(19-12)13-7-3-2-4-8-13/h2-10H,11H2,1H3. The molecule has 0 fully saturated rings. The lowest BCUT2D eigenvalue weighted by Crippen LogP contribution is -1.85. The van der Waals surface area contributed by atoms with Crippen LogP contribution in [0.1, 0.15) is 11.5 Å². The zero-order valence-corrected chi connectivity index (χ0v) is 11.9. The Hall–Kier alpha value is -2.07. The highest BCUT2D eigenvalue weighted by molar-refractivity contribution is 7.98. The van der Waals surface area contributed by atoms with Crippen LogP contribution in [0.5, 0.6) is 0 Å². The molecule has 3 aromatic rings. The first-order chi connectivity index (χ1) is 9.83. The molecule has 0 N–H and O–H groups in total. The normalized spacial score (nSPS) is 10.7. The largest absolute Gasteiger partial charge is 0.441 e. The van der Waals surface area contributed by atoms with Gasteiger partial charge in [0, 0.05) is 17.5 Å². The Morgan fingerprint density at radius 1 is 1.05 bits per heavy atom. The molecule has 2 heterocycles. The lowest BCUT2D eigenvalue weighted by molar-refractivity contribution is 0.540. The zero-order chi connectivity index (χ0) is 13.8. The summed E-state index contributed by atoms with van der Waals surface area (Å²) in [6, 6.07) is 15.9. The molecule has 0 unspecified atom stereocenters. The minimum atomic E-state index is 0.680. The summed E-state index contributed by atoms with van der Waals surface area (Å²) >= 11 is 1.66. The quantitative estimate of drug-likeness (QED) is 0.667. The molecule has 2 aromatic heterocycles. The summed E-state index contributed by atoms with van der Waals surface area (Å²) in [6.07, 6.45) is 1.80. The van der Waals surface area contributed by atoms with Gasteiger partial charge in [0.05, 0.1) is 10.7 Å². The molecular weight excluding hydrogens is 268 g/mol. The van der Waals surface area contributed by atoms with Crippen LogP contribution in [0.15, 0.2) is 64.2 Å². The maximum absolute atomic E-state index is 5.74. The summed E-state index contributed by atoms with van der Waals surface area (Å²) in [5.41, 5.74) is 1.98. The number of nitrogens with zero attached hydrogens (tertiary/aromatic N) is 2. The minimum Gasteiger partial charge on any atom is -0.441 e. The van der Waals surface area contributed by atoms with E-state index in [0.29, 0.717) is 5.89 Å². The Labute approximate surface area is 122 Å². The van der Waals surface area contributed by atoms with Crippen molar-refractivity contribution in [2.75, 3.05) is 0 Å². The van der Waals surface area contributed by atoms with Crippen molar-refractivity contribution in [1.29, 1.82) is 0 Å². The third-order valence-corrected chi connectivity index (χ3v) is 3.86. The first-order valence-electron chi connectivity index (χ1n) is 6.38. The van der Waals surface area contributed by atoms with E-state index in [1.54, 1.807) is 18.0 Å². The van der Waals surface area contributed by atoms with E-state index in [1.807, 2.05) is 55.5 Å². The predicted molar refractivity (Wildman–Crippen MR) is 80.5 cm³/mol. The van der Waals surface area contributed by atoms with E-state index in [9.17, 15) is 0 Å². The van der Waals surface area contributed by atoms with Gasteiger partial charge in [0.15, 0.2) is 0 Å². The fourth-order valence-electron chi connectivity index (χ4n) is 1.84. The van der Waals surface area contributed by atoms with Gasteiger partial charge >= 0.3 is 0 Å². The molecule has 0 atom stereocenters. The van der Waals surface area contributed by atoms with Gasteiger partial charge in [-0.3, -0.25) is 0 Å². The molecule has 0 aliphatic rings. The molecule has 0 aliphatic heterocycles. The summed E-state index contributed by atoms with van der Waals surface area (Å²) in [5.74, 6) is 2.31. The van der Waals surface area contributed by atoms with Crippen LogP contribution in [-0.2, 0) is 5.75 Å². The average molecular weight is 282 g/mol. The summed E-state index contributed by atoms with van der Waals surface area (Å²) in [7, 11) is 0. The highest BCUT2D eigenvalue weighted by Crippen LogP contribution is 2.26. The number of oxazole rings is 1. The molecule has 1 aromatic carbocycles. The van der Waals surface area contributed by atoms with Gasteiger partial charge in [0.25, 0.3) is 0 Å². The molecule has 3 rings (SSSR count). The van der Waals surface area contributed by atoms with E-state index in [0.717, 1.165) is 27.8 Å². The van der Waals surface area contributed by atoms with Crippen LogP contribution < -0.4 is 0 Å². The Kier molecular flexibility index (Phi) is 3.83. The van der Waals surface area contributed by atoms with E-state index in [1.165, 1.54) is 0 Å². The maximum Gasteiger partial charge on any atom is 0.226 e. The molecule has 3 nitrogen and oxygen atoms in total. The number of aromatic nitrogens is 2. The molecule has 20 heavy (non-hydrogen) atoms. The molecular formula is C16H14N2OS. The van der Waals surface area contributed by atoms with Gasteiger partial charge in [-0.25, -0.2) is 9.97 Å². The first kappa shape index (κ1) is 12.9. The lowest BCUT2D eigenvalue weighted by atomic mass is 10.2. The molecule has 0 radical (unpaired) electrons. The van der Waals surface area contributed by atoms with E-state index < -0.39 is 0 Å². The van der Waals surface area contributed by atoms with Crippen LogP contribution in [-0.4, -0.2) is 9.97 Å². The van der Waals surface area contributed by atoms with Crippen molar-refractivity contribution in [2.24, 2.45) is 0 Å². The highest BCUT2D eigenvalue weighted by Gasteiger charge is 2.11. The smallest absolute Gasteiger partial charge is 0.226 e. The van der Waals surface area contributed by atoms with Crippen molar-refractivity contribution < 1.29 is 4.42 Å². The Morgan fingerprint density at radius 3 is 2.60 bits per heavy atom. The SMILES string of the molecule is Cc1oc(-c2ccccc2)nc1CSc1ccccn1. The van der Waals surface area contributed by atoms with Gasteiger partial charge in [-0.1, -0.05) is 36.0 Å². The Bertz CT molecular complexity index is 680. The number of pyridine rings is 1. The summed E-state index contributed by atoms with van der Waals surface area (Å²) in [5, 5.41) is 0.996. The van der Waals surface area contributed by atoms with E-state index in [-0.39, 0.29) is 0 Å². The molecule has 4 heteroatoms. The molecule has 0 saturated heterocycles. The molecule has 100 valence electrons. The van der Waals surface area contributed by atoms with Crippen molar-refractivity contribution in [3.63, 3.8) is 0 Å². The Balaban J connectivity index is 1.76. The third-order valence-electron chi connectivity index (χ3n) is 2.91. The second-order valence-corrected chi connectivity index (χ2v) is 5.34. The number of thioether (sulfide) groups is 1. The number of benzene rings is 1. The predicted octanol–water partition coefficient (Wildman–Crippen LogP) is 4.34. The van der Waals surface area contributed by atoms with Crippen LogP contribution >= 0.6 is 11.8 Å². The maximum atomic E-state index is 5.74. The highest BCUT2D eigenvalue weighted by atomic mass is 32.2. The van der Waals surface area contributed by atoms with Crippen LogP contribution in [0, 0.1) is 6.92 Å². The van der Waals surface area contributed by atoms with Gasteiger partial charge in [-0.05, 0) is 31.2 Å². The van der Waals surface area contributed by atoms with Crippen LogP contribution in [0.3, 0.4) is 0 Å². The number of hydrogen-bond donors (Lipinski definition) is 0. The number of rotatable bonds is 4. The number of hydrogen-bond acceptors (Lipinski definition) is 4. The van der Waals surface area contributed by atoms with Crippen molar-refractivity contribution in [2.45, 2.75) is 17.7 Å². The average Bonchev–Trinajstić information content (AvgIpc) is 2.88. The topological polar surface area (TPSA) is 38.9 Å². The van der Waals surface area contributed by atoms with Gasteiger partial charge in [0.1, 0.15) is 5.76 Å². The van der Waals surface area contributed by atoms with Gasteiger partial charge in [0.2, 0.25) is 5.89 Å². The fourth-order valence-corrected chi connectivity index (χ4v) is 2.70. The second-order valence-electron chi connectivity index (χ2n) is 4.34. The van der Waals surface area contributed by atoms with Crippen molar-refractivity contribution >= 4 is 11.8 Å². The minimum absolute atomic E-state index is 0.680. The van der Waals surface area contributed by atoms with Crippen LogP contribution in [0.2, 0.25) is 0 Å². The molecule has 0 aliphatic carbocycles. The molecule has 0 bridgehead atoms. The Morgan fingerprint density at radius 2 is 1.85 bits per heavy atom. The second kappa shape index (κ2) is 5.92. The van der Waals surface area contributed by atoms with Gasteiger partial charge in [-0.2, -0.15) is 0 Å². The lowest BCUT2D eigenvalue weighted by Gasteiger charge is -1.97. The van der Waals surface area contributed by atoms with E-state index >= 15 is 0 Å². The third kappa shape index (κ3) is 2.91. The molecule has 0 amide bonds. The zero-order valence-electron chi connectivity index (χ0n) is 11.1. The number of aryl methyl sites for hydroxylation is 1. The van der Waals surface area contributed by atoms with E-state index in [4.69, 9.17) is 4.42 Å². The monoisotopic (exact) mass is 282 g/mol. The van der Waals surface area contributed by atoms with Crippen LogP contribution in [0.25, 0.3) is 11.5 Å². The van der Waals surface area contributed by atoms with Gasteiger partial charge < -0.3 is 4.42 Å². The molecule has 0 spiro atoms. The summed E-state index contributed by atoms with van der Waals surface area (Å²) in [4.78, 5) is 8.87. The first-order valence-corrected chi connectivity index (χ1v) is 7.37. The van der Waals surface area contributed by atoms with Crippen molar-refractivity contribution in [1.82, 2.24) is 9.97 Å². The summed E-state index contributed by atoms with van der Waals surface area (Å²) in [6.45, 7) is 1.95. The van der Waals surface area contributed by atoms with E-state index in [2.05, 4.69) is 9.97 Å². The molecule has 0 saturated carbocycles. The fraction of sp³-hybridized carbons (Fsp3) is 0.125. The van der Waals surface area contributed by atoms with Gasteiger partial charge in [-0.15, -0.1) is 0 Å². The van der Waals surface area contributed by atoms with Crippen molar-refractivity contribution in [3.8, 4) is 11.5 Å².